The molecule has 0 bridgehead atoms. The molecule has 0 saturated carbocycles. The molecule has 0 aliphatic carbocycles. The van der Waals surface area contributed by atoms with Gasteiger partial charge in [-0.15, -0.1) is 0 Å². The molecular weight excluding hydrogens is 248 g/mol. The van der Waals surface area contributed by atoms with Gasteiger partial charge in [0, 0.05) is 6.08 Å². The largest absolute Gasteiger partial charge is 0.463 e. The van der Waals surface area contributed by atoms with E-state index in [1.807, 2.05) is 20.8 Å². The van der Waals surface area contributed by atoms with E-state index in [1.165, 1.54) is 0 Å². The van der Waals surface area contributed by atoms with E-state index in [1.54, 1.807) is 6.92 Å². The van der Waals surface area contributed by atoms with Gasteiger partial charge in [0.15, 0.2) is 0 Å². The second-order valence-corrected chi connectivity index (χ2v) is 4.89. The molecular formula is C14H24O5. The molecule has 110 valence electrons. The lowest BCUT2D eigenvalue weighted by Gasteiger charge is -2.20. The Morgan fingerprint density at radius 2 is 1.89 bits per heavy atom. The molecule has 0 aliphatic heterocycles. The summed E-state index contributed by atoms with van der Waals surface area (Å²) in [5.41, 5.74) is -0.467. The first-order valence-electron chi connectivity index (χ1n) is 6.41. The van der Waals surface area contributed by atoms with E-state index >= 15 is 0 Å². The number of hydrogen-bond donors (Lipinski definition) is 0. The summed E-state index contributed by atoms with van der Waals surface area (Å²) in [6.07, 6.45) is 1.57. The fourth-order valence-corrected chi connectivity index (χ4v) is 1.03. The molecule has 5 nitrogen and oxygen atoms in total. The summed E-state index contributed by atoms with van der Waals surface area (Å²) < 4.78 is 15.3. The minimum atomic E-state index is -0.480. The van der Waals surface area contributed by atoms with Crippen LogP contribution in [0.15, 0.2) is 12.7 Å². The average Bonchev–Trinajstić information content (AvgIpc) is 2.40. The van der Waals surface area contributed by atoms with E-state index in [0.29, 0.717) is 0 Å². The van der Waals surface area contributed by atoms with E-state index in [2.05, 4.69) is 6.58 Å². The standard InChI is InChI=1S/C14H24O5/c1-6-12(15)19-10-11(3)17-8-9-18-13(16)14(4,5)7-2/h6,11H,1,7-10H2,2-5H3. The summed E-state index contributed by atoms with van der Waals surface area (Å²) in [6, 6.07) is 0. The first-order valence-corrected chi connectivity index (χ1v) is 6.41. The van der Waals surface area contributed by atoms with Crippen molar-refractivity contribution in [3.05, 3.63) is 12.7 Å². The van der Waals surface area contributed by atoms with Crippen LogP contribution in [0.5, 0.6) is 0 Å². The van der Waals surface area contributed by atoms with Crippen LogP contribution in [0, 0.1) is 5.41 Å². The summed E-state index contributed by atoms with van der Waals surface area (Å²) in [5, 5.41) is 0. The lowest BCUT2D eigenvalue weighted by Crippen LogP contribution is -2.28. The zero-order valence-corrected chi connectivity index (χ0v) is 12.2. The molecule has 0 aromatic heterocycles. The number of carbonyl (C=O) groups excluding carboxylic acids is 2. The monoisotopic (exact) mass is 272 g/mol. The Labute approximate surface area is 114 Å². The van der Waals surface area contributed by atoms with Gasteiger partial charge in [0.05, 0.1) is 18.1 Å². The molecule has 0 aliphatic rings. The van der Waals surface area contributed by atoms with Crippen LogP contribution in [-0.4, -0.2) is 37.9 Å². The molecule has 0 aromatic rings. The first kappa shape index (κ1) is 17.6. The molecule has 0 fully saturated rings. The van der Waals surface area contributed by atoms with E-state index < -0.39 is 11.4 Å². The molecule has 0 amide bonds. The van der Waals surface area contributed by atoms with Gasteiger partial charge in [-0.1, -0.05) is 13.5 Å². The van der Waals surface area contributed by atoms with E-state index in [0.717, 1.165) is 12.5 Å². The second-order valence-electron chi connectivity index (χ2n) is 4.89. The maximum absolute atomic E-state index is 11.6. The zero-order valence-electron chi connectivity index (χ0n) is 12.2. The van der Waals surface area contributed by atoms with Crippen LogP contribution in [0.25, 0.3) is 0 Å². The molecule has 0 N–H and O–H groups in total. The molecule has 0 aromatic carbocycles. The van der Waals surface area contributed by atoms with Crippen molar-refractivity contribution in [3.63, 3.8) is 0 Å². The maximum atomic E-state index is 11.6. The molecule has 1 unspecified atom stereocenters. The minimum absolute atomic E-state index is 0.152. The number of rotatable bonds is 9. The van der Waals surface area contributed by atoms with Gasteiger partial charge in [-0.2, -0.15) is 0 Å². The van der Waals surface area contributed by atoms with Crippen LogP contribution in [0.2, 0.25) is 0 Å². The molecule has 1 atom stereocenters. The number of ether oxygens (including phenoxy) is 3. The topological polar surface area (TPSA) is 61.8 Å². The predicted molar refractivity (Wildman–Crippen MR) is 71.6 cm³/mol. The highest BCUT2D eigenvalue weighted by Crippen LogP contribution is 2.21. The third-order valence-electron chi connectivity index (χ3n) is 2.78. The quantitative estimate of drug-likeness (QED) is 0.365. The smallest absolute Gasteiger partial charge is 0.330 e. The highest BCUT2D eigenvalue weighted by Gasteiger charge is 2.26. The third-order valence-corrected chi connectivity index (χ3v) is 2.78. The Morgan fingerprint density at radius 3 is 2.42 bits per heavy atom. The van der Waals surface area contributed by atoms with Crippen LogP contribution in [-0.2, 0) is 23.8 Å². The van der Waals surface area contributed by atoms with Crippen LogP contribution < -0.4 is 0 Å². The number of esters is 2. The molecule has 0 radical (unpaired) electrons. The van der Waals surface area contributed by atoms with Crippen molar-refractivity contribution < 1.29 is 23.8 Å². The normalized spacial score (nSPS) is 12.6. The van der Waals surface area contributed by atoms with Crippen molar-refractivity contribution >= 4 is 11.9 Å². The average molecular weight is 272 g/mol. The van der Waals surface area contributed by atoms with Crippen molar-refractivity contribution in [2.45, 2.75) is 40.2 Å². The molecule has 5 heteroatoms. The SMILES string of the molecule is C=CC(=O)OCC(C)OCCOC(=O)C(C)(C)CC. The van der Waals surface area contributed by atoms with Crippen molar-refractivity contribution in [3.8, 4) is 0 Å². The van der Waals surface area contributed by atoms with Gasteiger partial charge in [0.1, 0.15) is 13.2 Å². The fraction of sp³-hybridized carbons (Fsp3) is 0.714. The number of hydrogen-bond acceptors (Lipinski definition) is 5. The minimum Gasteiger partial charge on any atom is -0.463 e. The summed E-state index contributed by atoms with van der Waals surface area (Å²) >= 11 is 0. The van der Waals surface area contributed by atoms with Crippen LogP contribution in [0.1, 0.15) is 34.1 Å². The first-order chi connectivity index (χ1) is 8.83. The summed E-state index contributed by atoms with van der Waals surface area (Å²) in [7, 11) is 0. The van der Waals surface area contributed by atoms with Crippen molar-refractivity contribution in [2.24, 2.45) is 5.41 Å². The lowest BCUT2D eigenvalue weighted by atomic mass is 9.91. The summed E-state index contributed by atoms with van der Waals surface area (Å²) in [4.78, 5) is 22.4. The Morgan fingerprint density at radius 1 is 1.26 bits per heavy atom. The van der Waals surface area contributed by atoms with Crippen molar-refractivity contribution in [1.82, 2.24) is 0 Å². The molecule has 0 heterocycles. The molecule has 0 spiro atoms. The molecule has 0 saturated heterocycles. The van der Waals surface area contributed by atoms with Gasteiger partial charge in [-0.05, 0) is 27.2 Å². The lowest BCUT2D eigenvalue weighted by molar-refractivity contribution is -0.156. The highest BCUT2D eigenvalue weighted by molar-refractivity contribution is 5.81. The molecule has 19 heavy (non-hydrogen) atoms. The summed E-state index contributed by atoms with van der Waals surface area (Å²) in [5.74, 6) is -0.712. The Balaban J connectivity index is 3.72. The third kappa shape index (κ3) is 7.62. The van der Waals surface area contributed by atoms with Gasteiger partial charge in [-0.3, -0.25) is 4.79 Å². The van der Waals surface area contributed by atoms with E-state index in [9.17, 15) is 9.59 Å². The zero-order chi connectivity index (χ0) is 14.9. The maximum Gasteiger partial charge on any atom is 0.330 e. The number of carbonyl (C=O) groups is 2. The Bertz CT molecular complexity index is 309. The second kappa shape index (κ2) is 8.69. The predicted octanol–water partition coefficient (Wildman–Crippen LogP) is 2.10. The summed E-state index contributed by atoms with van der Waals surface area (Å²) in [6.45, 7) is 11.3. The van der Waals surface area contributed by atoms with Crippen molar-refractivity contribution in [1.29, 1.82) is 0 Å². The molecule has 0 rings (SSSR count). The van der Waals surface area contributed by atoms with Gasteiger partial charge in [0.2, 0.25) is 0 Å². The van der Waals surface area contributed by atoms with Gasteiger partial charge < -0.3 is 14.2 Å². The van der Waals surface area contributed by atoms with Crippen molar-refractivity contribution in [2.75, 3.05) is 19.8 Å². The Kier molecular flexibility index (Phi) is 8.07. The van der Waals surface area contributed by atoms with E-state index in [-0.39, 0.29) is 31.9 Å². The highest BCUT2D eigenvalue weighted by atomic mass is 16.6. The fourth-order valence-electron chi connectivity index (χ4n) is 1.03. The van der Waals surface area contributed by atoms with Gasteiger partial charge in [-0.25, -0.2) is 4.79 Å². The van der Waals surface area contributed by atoms with Gasteiger partial charge >= 0.3 is 11.9 Å². The van der Waals surface area contributed by atoms with E-state index in [4.69, 9.17) is 14.2 Å². The van der Waals surface area contributed by atoms with Crippen LogP contribution in [0.3, 0.4) is 0 Å². The van der Waals surface area contributed by atoms with Crippen LogP contribution >= 0.6 is 0 Å². The van der Waals surface area contributed by atoms with Crippen LogP contribution in [0.4, 0.5) is 0 Å². The van der Waals surface area contributed by atoms with Gasteiger partial charge in [0.25, 0.3) is 0 Å². The Hall–Kier alpha value is -1.36.